The lowest BCUT2D eigenvalue weighted by Crippen LogP contribution is -2.13. The SMILES string of the molecule is CCCn1nncc1C(=O)c1ccc(OC)nn1. The van der Waals surface area contributed by atoms with E-state index in [-0.39, 0.29) is 11.5 Å². The number of ketones is 1. The molecule has 2 heterocycles. The third-order valence-electron chi connectivity index (χ3n) is 2.37. The number of ether oxygens (including phenoxy) is 1. The van der Waals surface area contributed by atoms with Gasteiger partial charge in [0.25, 0.3) is 0 Å². The highest BCUT2D eigenvalue weighted by Crippen LogP contribution is 2.09. The van der Waals surface area contributed by atoms with Crippen LogP contribution in [0.1, 0.15) is 29.5 Å². The fourth-order valence-corrected chi connectivity index (χ4v) is 1.49. The fourth-order valence-electron chi connectivity index (χ4n) is 1.49. The summed E-state index contributed by atoms with van der Waals surface area (Å²) in [5.41, 5.74) is 0.659. The van der Waals surface area contributed by atoms with Crippen molar-refractivity contribution in [1.29, 1.82) is 0 Å². The van der Waals surface area contributed by atoms with Gasteiger partial charge in [0.05, 0.1) is 13.3 Å². The second-order valence-corrected chi connectivity index (χ2v) is 3.63. The van der Waals surface area contributed by atoms with E-state index in [1.807, 2.05) is 6.92 Å². The van der Waals surface area contributed by atoms with Crippen molar-refractivity contribution in [2.24, 2.45) is 0 Å². The second-order valence-electron chi connectivity index (χ2n) is 3.63. The van der Waals surface area contributed by atoms with Gasteiger partial charge in [-0.3, -0.25) is 4.79 Å². The topological polar surface area (TPSA) is 82.8 Å². The summed E-state index contributed by atoms with van der Waals surface area (Å²) >= 11 is 0. The van der Waals surface area contributed by atoms with E-state index < -0.39 is 0 Å². The number of carbonyl (C=O) groups is 1. The first-order valence-electron chi connectivity index (χ1n) is 5.57. The molecule has 0 atom stereocenters. The van der Waals surface area contributed by atoms with Gasteiger partial charge < -0.3 is 4.74 Å². The molecule has 18 heavy (non-hydrogen) atoms. The van der Waals surface area contributed by atoms with E-state index in [1.54, 1.807) is 16.8 Å². The average molecular weight is 247 g/mol. The maximum Gasteiger partial charge on any atom is 0.233 e. The van der Waals surface area contributed by atoms with Gasteiger partial charge in [0, 0.05) is 12.6 Å². The molecule has 7 nitrogen and oxygen atoms in total. The van der Waals surface area contributed by atoms with Crippen LogP contribution in [0, 0.1) is 0 Å². The van der Waals surface area contributed by atoms with Gasteiger partial charge in [-0.15, -0.1) is 15.3 Å². The highest BCUT2D eigenvalue weighted by molar-refractivity contribution is 6.06. The molecular formula is C11H13N5O2. The van der Waals surface area contributed by atoms with Crippen LogP contribution in [-0.4, -0.2) is 38.1 Å². The number of hydrogen-bond acceptors (Lipinski definition) is 6. The molecule has 0 saturated heterocycles. The Balaban J connectivity index is 2.26. The number of hydrogen-bond donors (Lipinski definition) is 0. The van der Waals surface area contributed by atoms with Crippen LogP contribution < -0.4 is 4.74 Å². The first-order chi connectivity index (χ1) is 8.76. The zero-order valence-corrected chi connectivity index (χ0v) is 10.2. The number of aromatic nitrogens is 5. The lowest BCUT2D eigenvalue weighted by atomic mass is 10.2. The Morgan fingerprint density at radius 1 is 1.39 bits per heavy atom. The molecule has 0 bridgehead atoms. The smallest absolute Gasteiger partial charge is 0.233 e. The molecule has 0 aromatic carbocycles. The summed E-state index contributed by atoms with van der Waals surface area (Å²) in [6.45, 7) is 2.65. The van der Waals surface area contributed by atoms with Gasteiger partial charge in [-0.05, 0) is 12.5 Å². The standard InChI is InChI=1S/C11H13N5O2/c1-3-6-16-9(7-12-15-16)11(17)8-4-5-10(18-2)14-13-8/h4-5,7H,3,6H2,1-2H3. The van der Waals surface area contributed by atoms with E-state index in [2.05, 4.69) is 20.5 Å². The van der Waals surface area contributed by atoms with E-state index in [1.165, 1.54) is 13.3 Å². The van der Waals surface area contributed by atoms with Gasteiger partial charge in [-0.1, -0.05) is 12.1 Å². The Morgan fingerprint density at radius 2 is 2.22 bits per heavy atom. The molecule has 0 unspecified atom stereocenters. The van der Waals surface area contributed by atoms with Crippen LogP contribution in [0.4, 0.5) is 0 Å². The minimum Gasteiger partial charge on any atom is -0.480 e. The van der Waals surface area contributed by atoms with Crippen LogP contribution in [0.3, 0.4) is 0 Å². The van der Waals surface area contributed by atoms with Crippen LogP contribution in [0.5, 0.6) is 5.88 Å². The van der Waals surface area contributed by atoms with Crippen LogP contribution in [0.2, 0.25) is 0 Å². The minimum absolute atomic E-state index is 0.246. The Hall–Kier alpha value is -2.31. The summed E-state index contributed by atoms with van der Waals surface area (Å²) in [6, 6.07) is 3.16. The lowest BCUT2D eigenvalue weighted by Gasteiger charge is -2.03. The third kappa shape index (κ3) is 2.34. The van der Waals surface area contributed by atoms with Gasteiger partial charge in [0.15, 0.2) is 0 Å². The van der Waals surface area contributed by atoms with E-state index in [4.69, 9.17) is 4.74 Å². The van der Waals surface area contributed by atoms with E-state index in [0.717, 1.165) is 6.42 Å². The Labute approximate surface area is 104 Å². The van der Waals surface area contributed by atoms with Crippen molar-refractivity contribution >= 4 is 5.78 Å². The average Bonchev–Trinajstić information content (AvgIpc) is 2.87. The van der Waals surface area contributed by atoms with Crippen molar-refractivity contribution in [1.82, 2.24) is 25.2 Å². The molecule has 0 fully saturated rings. The Kier molecular flexibility index (Phi) is 3.61. The number of methoxy groups -OCH3 is 1. The molecule has 2 aromatic rings. The quantitative estimate of drug-likeness (QED) is 0.724. The zero-order valence-electron chi connectivity index (χ0n) is 10.2. The molecule has 0 N–H and O–H groups in total. The van der Waals surface area contributed by atoms with Crippen LogP contribution in [-0.2, 0) is 6.54 Å². The Morgan fingerprint density at radius 3 is 2.83 bits per heavy atom. The summed E-state index contributed by atoms with van der Waals surface area (Å²) in [5, 5.41) is 15.2. The summed E-state index contributed by atoms with van der Waals surface area (Å²) in [4.78, 5) is 12.2. The molecule has 0 spiro atoms. The molecule has 0 radical (unpaired) electrons. The number of aryl methyl sites for hydroxylation is 1. The molecule has 2 aromatic heterocycles. The van der Waals surface area contributed by atoms with E-state index >= 15 is 0 Å². The first kappa shape index (κ1) is 12.2. The molecular weight excluding hydrogens is 234 g/mol. The van der Waals surface area contributed by atoms with Crippen molar-refractivity contribution in [2.75, 3.05) is 7.11 Å². The van der Waals surface area contributed by atoms with Crippen molar-refractivity contribution in [2.45, 2.75) is 19.9 Å². The number of nitrogens with zero attached hydrogens (tertiary/aromatic N) is 5. The molecule has 94 valence electrons. The van der Waals surface area contributed by atoms with Crippen molar-refractivity contribution in [3.8, 4) is 5.88 Å². The highest BCUT2D eigenvalue weighted by atomic mass is 16.5. The maximum absolute atomic E-state index is 12.2. The molecule has 0 amide bonds. The van der Waals surface area contributed by atoms with Crippen molar-refractivity contribution in [3.63, 3.8) is 0 Å². The van der Waals surface area contributed by atoms with E-state index in [9.17, 15) is 4.79 Å². The Bertz CT molecular complexity index is 535. The molecule has 0 saturated carbocycles. The fraction of sp³-hybridized carbons (Fsp3) is 0.364. The normalized spacial score (nSPS) is 10.3. The molecule has 0 aliphatic rings. The summed E-state index contributed by atoms with van der Waals surface area (Å²) < 4.78 is 6.45. The van der Waals surface area contributed by atoms with Gasteiger partial charge in [0.1, 0.15) is 11.4 Å². The second kappa shape index (κ2) is 5.35. The van der Waals surface area contributed by atoms with Crippen LogP contribution in [0.15, 0.2) is 18.3 Å². The molecule has 0 aliphatic carbocycles. The maximum atomic E-state index is 12.2. The number of carbonyl (C=O) groups excluding carboxylic acids is 1. The zero-order chi connectivity index (χ0) is 13.0. The lowest BCUT2D eigenvalue weighted by molar-refractivity contribution is 0.102. The minimum atomic E-state index is -0.247. The van der Waals surface area contributed by atoms with Gasteiger partial charge in [0.2, 0.25) is 11.7 Å². The molecule has 7 heteroatoms. The highest BCUT2D eigenvalue weighted by Gasteiger charge is 2.16. The van der Waals surface area contributed by atoms with Gasteiger partial charge >= 0.3 is 0 Å². The van der Waals surface area contributed by atoms with Crippen molar-refractivity contribution in [3.05, 3.63) is 29.7 Å². The van der Waals surface area contributed by atoms with Crippen LogP contribution >= 0.6 is 0 Å². The summed E-state index contributed by atoms with van der Waals surface area (Å²) in [6.07, 6.45) is 2.31. The molecule has 2 rings (SSSR count). The number of rotatable bonds is 5. The predicted molar refractivity (Wildman–Crippen MR) is 62.3 cm³/mol. The first-order valence-corrected chi connectivity index (χ1v) is 5.57. The van der Waals surface area contributed by atoms with E-state index in [0.29, 0.717) is 18.1 Å². The summed E-state index contributed by atoms with van der Waals surface area (Å²) in [5.74, 6) is 0.121. The molecule has 0 aliphatic heterocycles. The van der Waals surface area contributed by atoms with Crippen LogP contribution in [0.25, 0.3) is 0 Å². The van der Waals surface area contributed by atoms with Crippen molar-refractivity contribution < 1.29 is 9.53 Å². The largest absolute Gasteiger partial charge is 0.480 e. The van der Waals surface area contributed by atoms with Gasteiger partial charge in [-0.25, -0.2) is 4.68 Å². The third-order valence-corrected chi connectivity index (χ3v) is 2.37. The monoisotopic (exact) mass is 247 g/mol. The van der Waals surface area contributed by atoms with Gasteiger partial charge in [-0.2, -0.15) is 0 Å². The summed E-state index contributed by atoms with van der Waals surface area (Å²) in [7, 11) is 1.49. The predicted octanol–water partition coefficient (Wildman–Crippen LogP) is 0.718.